The van der Waals surface area contributed by atoms with Crippen LogP contribution in [-0.2, 0) is 0 Å². The van der Waals surface area contributed by atoms with Crippen molar-refractivity contribution in [2.24, 2.45) is 5.84 Å². The second-order valence-electron chi connectivity index (χ2n) is 4.28. The number of aromatic nitrogens is 3. The molecule has 0 spiro atoms. The topological polar surface area (TPSA) is 89.9 Å². The maximum Gasteiger partial charge on any atom is 0.237 e. The number of oxazole rings is 1. The normalized spacial score (nSPS) is 10.9. The van der Waals surface area contributed by atoms with Gasteiger partial charge in [0.15, 0.2) is 11.5 Å². The van der Waals surface area contributed by atoms with Gasteiger partial charge >= 0.3 is 0 Å². The summed E-state index contributed by atoms with van der Waals surface area (Å²) in [6.45, 7) is 3.72. The molecule has 96 valence electrons. The van der Waals surface area contributed by atoms with E-state index in [1.54, 1.807) is 0 Å². The molecule has 0 unspecified atom stereocenters. The number of anilines is 1. The predicted octanol–water partition coefficient (Wildman–Crippen LogP) is 2.19. The Balaban J connectivity index is 2.15. The number of nitrogens with one attached hydrogen (secondary N) is 1. The van der Waals surface area contributed by atoms with Crippen LogP contribution in [0.3, 0.4) is 0 Å². The van der Waals surface area contributed by atoms with Gasteiger partial charge in [0.05, 0.1) is 5.69 Å². The second-order valence-corrected chi connectivity index (χ2v) is 4.28. The first-order valence-electron chi connectivity index (χ1n) is 5.85. The zero-order chi connectivity index (χ0) is 13.4. The SMILES string of the molecule is Cc1cc(-c2ccc3nc(C)oc3c2)nc(NN)n1. The van der Waals surface area contributed by atoms with Gasteiger partial charge in [-0.15, -0.1) is 0 Å². The lowest BCUT2D eigenvalue weighted by Gasteiger charge is -2.05. The van der Waals surface area contributed by atoms with Gasteiger partial charge in [-0.3, -0.25) is 5.43 Å². The van der Waals surface area contributed by atoms with Gasteiger partial charge in [-0.05, 0) is 25.1 Å². The fourth-order valence-corrected chi connectivity index (χ4v) is 1.98. The molecule has 0 amide bonds. The number of hydrogen-bond donors (Lipinski definition) is 2. The molecule has 0 aliphatic heterocycles. The van der Waals surface area contributed by atoms with Gasteiger partial charge in [0.25, 0.3) is 0 Å². The van der Waals surface area contributed by atoms with E-state index in [-0.39, 0.29) is 0 Å². The lowest BCUT2D eigenvalue weighted by atomic mass is 10.1. The highest BCUT2D eigenvalue weighted by atomic mass is 16.3. The van der Waals surface area contributed by atoms with Gasteiger partial charge in [-0.25, -0.2) is 20.8 Å². The van der Waals surface area contributed by atoms with Crippen LogP contribution in [0.15, 0.2) is 28.7 Å². The number of nitrogens with zero attached hydrogens (tertiary/aromatic N) is 3. The summed E-state index contributed by atoms with van der Waals surface area (Å²) in [5.74, 6) is 6.40. The summed E-state index contributed by atoms with van der Waals surface area (Å²) in [7, 11) is 0. The molecule has 0 aliphatic carbocycles. The number of benzene rings is 1. The van der Waals surface area contributed by atoms with Crippen molar-refractivity contribution in [2.45, 2.75) is 13.8 Å². The van der Waals surface area contributed by atoms with Crippen molar-refractivity contribution in [1.82, 2.24) is 15.0 Å². The van der Waals surface area contributed by atoms with Crippen molar-refractivity contribution in [3.05, 3.63) is 35.9 Å². The molecule has 2 heterocycles. The fraction of sp³-hybridized carbons (Fsp3) is 0.154. The summed E-state index contributed by atoms with van der Waals surface area (Å²) >= 11 is 0. The van der Waals surface area contributed by atoms with E-state index in [0.29, 0.717) is 11.8 Å². The van der Waals surface area contributed by atoms with Crippen LogP contribution in [0.1, 0.15) is 11.6 Å². The molecule has 0 radical (unpaired) electrons. The zero-order valence-electron chi connectivity index (χ0n) is 10.6. The molecule has 0 saturated heterocycles. The molecule has 1 aromatic carbocycles. The second kappa shape index (κ2) is 4.33. The third-order valence-electron chi connectivity index (χ3n) is 2.77. The third kappa shape index (κ3) is 2.13. The molecule has 3 rings (SSSR count). The maximum atomic E-state index is 5.52. The molecule has 6 nitrogen and oxygen atoms in total. The number of rotatable bonds is 2. The summed E-state index contributed by atoms with van der Waals surface area (Å²) in [6.07, 6.45) is 0. The minimum atomic E-state index is 0.392. The van der Waals surface area contributed by atoms with Gasteiger partial charge in [-0.2, -0.15) is 0 Å². The van der Waals surface area contributed by atoms with E-state index in [4.69, 9.17) is 10.3 Å². The number of nitrogen functional groups attached to an aromatic ring is 1. The Kier molecular flexibility index (Phi) is 2.64. The summed E-state index contributed by atoms with van der Waals surface area (Å²) in [6, 6.07) is 7.67. The minimum absolute atomic E-state index is 0.392. The smallest absolute Gasteiger partial charge is 0.237 e. The third-order valence-corrected chi connectivity index (χ3v) is 2.77. The molecule has 0 bridgehead atoms. The standard InChI is InChI=1S/C13H13N5O/c1-7-5-11(17-13(15-7)18-14)9-3-4-10-12(6-9)19-8(2)16-10/h3-6H,14H2,1-2H3,(H,15,17,18). The van der Waals surface area contributed by atoms with E-state index in [9.17, 15) is 0 Å². The number of aryl methyl sites for hydroxylation is 2. The average molecular weight is 255 g/mol. The van der Waals surface area contributed by atoms with Crippen molar-refractivity contribution in [1.29, 1.82) is 0 Å². The summed E-state index contributed by atoms with van der Waals surface area (Å²) in [5.41, 5.74) is 6.61. The van der Waals surface area contributed by atoms with Crippen molar-refractivity contribution < 1.29 is 4.42 Å². The first-order chi connectivity index (χ1) is 9.15. The largest absolute Gasteiger partial charge is 0.441 e. The van der Waals surface area contributed by atoms with Crippen LogP contribution < -0.4 is 11.3 Å². The summed E-state index contributed by atoms with van der Waals surface area (Å²) in [4.78, 5) is 12.8. The van der Waals surface area contributed by atoms with Gasteiger partial charge < -0.3 is 4.42 Å². The van der Waals surface area contributed by atoms with Crippen LogP contribution in [0.2, 0.25) is 0 Å². The molecular weight excluding hydrogens is 242 g/mol. The van der Waals surface area contributed by atoms with Gasteiger partial charge in [0.2, 0.25) is 5.95 Å². The Hall–Kier alpha value is -2.47. The van der Waals surface area contributed by atoms with Crippen molar-refractivity contribution in [3.8, 4) is 11.3 Å². The molecule has 19 heavy (non-hydrogen) atoms. The van der Waals surface area contributed by atoms with Crippen molar-refractivity contribution in [2.75, 3.05) is 5.43 Å². The fourth-order valence-electron chi connectivity index (χ4n) is 1.98. The summed E-state index contributed by atoms with van der Waals surface area (Å²) < 4.78 is 5.52. The van der Waals surface area contributed by atoms with Crippen LogP contribution >= 0.6 is 0 Å². The molecule has 0 atom stereocenters. The molecule has 0 fully saturated rings. The zero-order valence-corrected chi connectivity index (χ0v) is 10.6. The molecule has 6 heteroatoms. The Bertz CT molecular complexity index is 750. The Labute approximate surface area is 109 Å². The van der Waals surface area contributed by atoms with E-state index in [1.807, 2.05) is 38.1 Å². The minimum Gasteiger partial charge on any atom is -0.441 e. The number of hydrogen-bond acceptors (Lipinski definition) is 6. The molecule has 0 aliphatic rings. The van der Waals surface area contributed by atoms with Crippen LogP contribution in [0.4, 0.5) is 5.95 Å². The van der Waals surface area contributed by atoms with E-state index < -0.39 is 0 Å². The van der Waals surface area contributed by atoms with E-state index in [2.05, 4.69) is 20.4 Å². The predicted molar refractivity (Wildman–Crippen MR) is 72.3 cm³/mol. The van der Waals surface area contributed by atoms with E-state index in [1.165, 1.54) is 0 Å². The van der Waals surface area contributed by atoms with Gasteiger partial charge in [0.1, 0.15) is 5.52 Å². The quantitative estimate of drug-likeness (QED) is 0.539. The van der Waals surface area contributed by atoms with Crippen molar-refractivity contribution >= 4 is 17.0 Å². The van der Waals surface area contributed by atoms with Crippen LogP contribution in [0.5, 0.6) is 0 Å². The molecule has 0 saturated carbocycles. The van der Waals surface area contributed by atoms with Gasteiger partial charge in [0, 0.05) is 18.2 Å². The first-order valence-corrected chi connectivity index (χ1v) is 5.85. The highest BCUT2D eigenvalue weighted by molar-refractivity contribution is 5.79. The van der Waals surface area contributed by atoms with Gasteiger partial charge in [-0.1, -0.05) is 6.07 Å². The van der Waals surface area contributed by atoms with E-state index in [0.717, 1.165) is 28.1 Å². The highest BCUT2D eigenvalue weighted by Gasteiger charge is 2.07. The van der Waals surface area contributed by atoms with Crippen molar-refractivity contribution in [3.63, 3.8) is 0 Å². The molecule has 3 N–H and O–H groups in total. The monoisotopic (exact) mass is 255 g/mol. The molecule has 3 aromatic rings. The molecule has 2 aromatic heterocycles. The molecular formula is C13H13N5O. The number of hydrazine groups is 1. The first kappa shape index (κ1) is 11.6. The van der Waals surface area contributed by atoms with Crippen LogP contribution in [-0.4, -0.2) is 15.0 Å². The van der Waals surface area contributed by atoms with Crippen LogP contribution in [0, 0.1) is 13.8 Å². The number of fused-ring (bicyclic) bond motifs is 1. The Morgan fingerprint density at radius 3 is 2.74 bits per heavy atom. The Morgan fingerprint density at radius 1 is 1.11 bits per heavy atom. The van der Waals surface area contributed by atoms with Crippen LogP contribution in [0.25, 0.3) is 22.4 Å². The Morgan fingerprint density at radius 2 is 1.95 bits per heavy atom. The highest BCUT2D eigenvalue weighted by Crippen LogP contribution is 2.24. The lowest BCUT2D eigenvalue weighted by Crippen LogP contribution is -2.11. The summed E-state index contributed by atoms with van der Waals surface area (Å²) in [5, 5.41) is 0. The lowest BCUT2D eigenvalue weighted by molar-refractivity contribution is 0.561. The maximum absolute atomic E-state index is 5.52. The van der Waals surface area contributed by atoms with E-state index >= 15 is 0 Å². The number of nitrogens with two attached hydrogens (primary N) is 1. The average Bonchev–Trinajstić information content (AvgIpc) is 2.76.